The van der Waals surface area contributed by atoms with Gasteiger partial charge in [-0.3, -0.25) is 4.79 Å². The van der Waals surface area contributed by atoms with Crippen LogP contribution in [0, 0.1) is 5.82 Å². The average Bonchev–Trinajstić information content (AvgIpc) is 2.72. The van der Waals surface area contributed by atoms with Gasteiger partial charge in [-0.15, -0.1) is 0 Å². The second-order valence-corrected chi connectivity index (χ2v) is 8.01. The number of carbonyl (C=O) groups excluding carboxylic acids is 1. The van der Waals surface area contributed by atoms with Crippen molar-refractivity contribution in [2.75, 3.05) is 6.26 Å². The minimum Gasteiger partial charge on any atom is -0.349 e. The van der Waals surface area contributed by atoms with Gasteiger partial charge in [0, 0.05) is 23.7 Å². The maximum absolute atomic E-state index is 12.9. The lowest BCUT2D eigenvalue weighted by Gasteiger charge is -2.37. The Bertz CT molecular complexity index is 661. The SMILES string of the molecule is CS(=O)(=O)N1C2CCC1CC(NC(=O)c1ccc(F)cc1)C2. The maximum Gasteiger partial charge on any atom is 0.251 e. The van der Waals surface area contributed by atoms with Crippen molar-refractivity contribution in [1.82, 2.24) is 9.62 Å². The number of nitrogens with zero attached hydrogens (tertiary/aromatic N) is 1. The Labute approximate surface area is 129 Å². The van der Waals surface area contributed by atoms with Crippen LogP contribution in [0.1, 0.15) is 36.0 Å². The summed E-state index contributed by atoms with van der Waals surface area (Å²) < 4.78 is 38.1. The molecule has 2 fully saturated rings. The standard InChI is InChI=1S/C15H19FN2O3S/c1-22(20,21)18-13-6-7-14(18)9-12(8-13)17-15(19)10-2-4-11(16)5-3-10/h2-5,12-14H,6-9H2,1H3,(H,17,19). The van der Waals surface area contributed by atoms with Crippen molar-refractivity contribution >= 4 is 15.9 Å². The maximum atomic E-state index is 12.9. The van der Waals surface area contributed by atoms with Crippen molar-refractivity contribution in [3.8, 4) is 0 Å². The predicted octanol–water partition coefficient (Wildman–Crippen LogP) is 1.51. The highest BCUT2D eigenvalue weighted by Gasteiger charge is 2.45. The van der Waals surface area contributed by atoms with Crippen LogP contribution in [0.25, 0.3) is 0 Å². The zero-order valence-electron chi connectivity index (χ0n) is 12.3. The molecule has 22 heavy (non-hydrogen) atoms. The number of carbonyl (C=O) groups is 1. The summed E-state index contributed by atoms with van der Waals surface area (Å²) in [5, 5.41) is 2.94. The zero-order valence-corrected chi connectivity index (χ0v) is 13.1. The zero-order chi connectivity index (χ0) is 15.9. The van der Waals surface area contributed by atoms with Crippen LogP contribution >= 0.6 is 0 Å². The second kappa shape index (κ2) is 5.62. The molecule has 0 aromatic heterocycles. The van der Waals surface area contributed by atoms with Gasteiger partial charge in [0.1, 0.15) is 5.82 Å². The highest BCUT2D eigenvalue weighted by molar-refractivity contribution is 7.88. The number of hydrogen-bond donors (Lipinski definition) is 1. The van der Waals surface area contributed by atoms with Crippen LogP contribution in [0.2, 0.25) is 0 Å². The molecule has 0 spiro atoms. The summed E-state index contributed by atoms with van der Waals surface area (Å²) in [5.41, 5.74) is 0.416. The lowest BCUT2D eigenvalue weighted by atomic mass is 9.99. The van der Waals surface area contributed by atoms with E-state index < -0.39 is 10.0 Å². The summed E-state index contributed by atoms with van der Waals surface area (Å²) in [6.07, 6.45) is 4.21. The fourth-order valence-corrected chi connectivity index (χ4v) is 5.13. The molecule has 1 amide bonds. The topological polar surface area (TPSA) is 66.5 Å². The fourth-order valence-electron chi connectivity index (χ4n) is 3.66. The van der Waals surface area contributed by atoms with Crippen molar-refractivity contribution < 1.29 is 17.6 Å². The van der Waals surface area contributed by atoms with E-state index in [9.17, 15) is 17.6 Å². The quantitative estimate of drug-likeness (QED) is 0.915. The van der Waals surface area contributed by atoms with E-state index in [0.717, 1.165) is 12.8 Å². The van der Waals surface area contributed by atoms with E-state index >= 15 is 0 Å². The lowest BCUT2D eigenvalue weighted by Crippen LogP contribution is -2.52. The largest absolute Gasteiger partial charge is 0.349 e. The van der Waals surface area contributed by atoms with E-state index in [1.165, 1.54) is 30.5 Å². The van der Waals surface area contributed by atoms with Gasteiger partial charge in [-0.2, -0.15) is 4.31 Å². The van der Waals surface area contributed by atoms with Crippen LogP contribution in [-0.2, 0) is 10.0 Å². The van der Waals surface area contributed by atoms with E-state index in [1.54, 1.807) is 4.31 Å². The first kappa shape index (κ1) is 15.4. The van der Waals surface area contributed by atoms with Gasteiger partial charge >= 0.3 is 0 Å². The molecule has 2 unspecified atom stereocenters. The highest BCUT2D eigenvalue weighted by atomic mass is 32.2. The van der Waals surface area contributed by atoms with Gasteiger partial charge in [-0.25, -0.2) is 12.8 Å². The molecule has 1 aromatic carbocycles. The number of rotatable bonds is 3. The second-order valence-electron chi connectivity index (χ2n) is 6.13. The molecule has 1 N–H and O–H groups in total. The third kappa shape index (κ3) is 3.01. The highest BCUT2D eigenvalue weighted by Crippen LogP contribution is 2.37. The van der Waals surface area contributed by atoms with Crippen molar-refractivity contribution in [1.29, 1.82) is 0 Å². The molecular formula is C15H19FN2O3S. The summed E-state index contributed by atoms with van der Waals surface area (Å²) >= 11 is 0. The third-order valence-corrected chi connectivity index (χ3v) is 5.85. The number of halogens is 1. The van der Waals surface area contributed by atoms with Crippen LogP contribution < -0.4 is 5.32 Å². The Morgan fingerprint density at radius 3 is 2.23 bits per heavy atom. The van der Waals surface area contributed by atoms with Crippen molar-refractivity contribution in [3.63, 3.8) is 0 Å². The number of amides is 1. The molecule has 120 valence electrons. The molecule has 7 heteroatoms. The first-order valence-electron chi connectivity index (χ1n) is 7.39. The summed E-state index contributed by atoms with van der Waals surface area (Å²) in [6.45, 7) is 0. The summed E-state index contributed by atoms with van der Waals surface area (Å²) in [7, 11) is -3.19. The molecular weight excluding hydrogens is 307 g/mol. The van der Waals surface area contributed by atoms with Crippen LogP contribution in [0.3, 0.4) is 0 Å². The summed E-state index contributed by atoms with van der Waals surface area (Å²) in [6, 6.07) is 5.33. The van der Waals surface area contributed by atoms with Gasteiger partial charge in [0.25, 0.3) is 5.91 Å². The fraction of sp³-hybridized carbons (Fsp3) is 0.533. The number of hydrogen-bond acceptors (Lipinski definition) is 3. The summed E-state index contributed by atoms with van der Waals surface area (Å²) in [5.74, 6) is -0.617. The monoisotopic (exact) mass is 326 g/mol. The lowest BCUT2D eigenvalue weighted by molar-refractivity contribution is 0.0909. The number of sulfonamides is 1. The number of piperidine rings is 1. The van der Waals surface area contributed by atoms with Gasteiger partial charge in [0.2, 0.25) is 10.0 Å². The van der Waals surface area contributed by atoms with Crippen molar-refractivity contribution in [2.45, 2.75) is 43.8 Å². The first-order valence-corrected chi connectivity index (χ1v) is 9.24. The van der Waals surface area contributed by atoms with Gasteiger partial charge in [-0.05, 0) is 49.9 Å². The Balaban J connectivity index is 1.67. The summed E-state index contributed by atoms with van der Waals surface area (Å²) in [4.78, 5) is 12.2. The molecule has 3 rings (SSSR count). The molecule has 2 saturated heterocycles. The van der Waals surface area contributed by atoms with E-state index in [4.69, 9.17) is 0 Å². The smallest absolute Gasteiger partial charge is 0.251 e. The van der Waals surface area contributed by atoms with Gasteiger partial charge in [0.05, 0.1) is 6.26 Å². The molecule has 2 bridgehead atoms. The molecule has 2 heterocycles. The minimum absolute atomic E-state index is 0.0210. The van der Waals surface area contributed by atoms with Crippen molar-refractivity contribution in [3.05, 3.63) is 35.6 Å². The molecule has 1 aromatic rings. The van der Waals surface area contributed by atoms with E-state index in [1.807, 2.05) is 0 Å². The van der Waals surface area contributed by atoms with Gasteiger partial charge in [-0.1, -0.05) is 0 Å². The average molecular weight is 326 g/mol. The predicted molar refractivity (Wildman–Crippen MR) is 80.4 cm³/mol. The molecule has 0 aliphatic carbocycles. The molecule has 0 radical (unpaired) electrons. The van der Waals surface area contributed by atoms with E-state index in [-0.39, 0.29) is 29.8 Å². The van der Waals surface area contributed by atoms with E-state index in [2.05, 4.69) is 5.32 Å². The van der Waals surface area contributed by atoms with Gasteiger partial charge in [0.15, 0.2) is 0 Å². The normalized spacial score (nSPS) is 28.5. The number of benzene rings is 1. The van der Waals surface area contributed by atoms with Crippen LogP contribution in [-0.4, -0.2) is 43.0 Å². The Morgan fingerprint density at radius 2 is 1.73 bits per heavy atom. The Kier molecular flexibility index (Phi) is 3.94. The Morgan fingerprint density at radius 1 is 1.18 bits per heavy atom. The number of fused-ring (bicyclic) bond motifs is 2. The third-order valence-electron chi connectivity index (χ3n) is 4.49. The minimum atomic E-state index is -3.19. The number of nitrogens with one attached hydrogen (secondary N) is 1. The first-order chi connectivity index (χ1) is 10.3. The van der Waals surface area contributed by atoms with Crippen molar-refractivity contribution in [2.24, 2.45) is 0 Å². The Hall–Kier alpha value is -1.47. The van der Waals surface area contributed by atoms with Gasteiger partial charge < -0.3 is 5.32 Å². The molecule has 5 nitrogen and oxygen atoms in total. The van der Waals surface area contributed by atoms with E-state index in [0.29, 0.717) is 18.4 Å². The van der Waals surface area contributed by atoms with Crippen LogP contribution in [0.15, 0.2) is 24.3 Å². The molecule has 2 aliphatic rings. The molecule has 2 atom stereocenters. The molecule has 2 aliphatic heterocycles. The van der Waals surface area contributed by atoms with Crippen LogP contribution in [0.5, 0.6) is 0 Å². The molecule has 0 saturated carbocycles. The van der Waals surface area contributed by atoms with Crippen LogP contribution in [0.4, 0.5) is 4.39 Å².